The molecule has 2 rings (SSSR count). The topological polar surface area (TPSA) is 97.0 Å². The standard InChI is InChI=1S/C21H31N3O5/c1-4-5-12-28-20(26)13-18-21(27)22-10-11-24(18)19(25)14-23-16-6-8-17(9-7-16)29-15(2)3/h6-9,15,18,23H,4-5,10-14H2,1-3H3,(H,22,27). The molecule has 8 nitrogen and oxygen atoms in total. The molecular formula is C21H31N3O5. The Morgan fingerprint density at radius 1 is 1.28 bits per heavy atom. The van der Waals surface area contributed by atoms with E-state index >= 15 is 0 Å². The van der Waals surface area contributed by atoms with Crippen LogP contribution in [-0.2, 0) is 19.1 Å². The second-order valence-corrected chi connectivity index (χ2v) is 7.22. The first-order valence-electron chi connectivity index (χ1n) is 10.1. The number of carbonyl (C=O) groups excluding carboxylic acids is 3. The quantitative estimate of drug-likeness (QED) is 0.456. The molecule has 0 bridgehead atoms. The lowest BCUT2D eigenvalue weighted by Gasteiger charge is -2.34. The number of rotatable bonds is 10. The fraction of sp³-hybridized carbons (Fsp3) is 0.571. The number of piperazine rings is 1. The molecule has 0 spiro atoms. The molecule has 1 aromatic rings. The minimum absolute atomic E-state index is 0.0268. The van der Waals surface area contributed by atoms with Crippen LogP contribution in [-0.4, -0.2) is 61.1 Å². The van der Waals surface area contributed by atoms with Crippen LogP contribution < -0.4 is 15.4 Å². The van der Waals surface area contributed by atoms with Gasteiger partial charge in [-0.15, -0.1) is 0 Å². The zero-order valence-corrected chi connectivity index (χ0v) is 17.4. The number of anilines is 1. The Bertz CT molecular complexity index is 690. The number of carbonyl (C=O) groups is 3. The Kier molecular flexibility index (Phi) is 8.76. The van der Waals surface area contributed by atoms with Gasteiger partial charge in [0.25, 0.3) is 0 Å². The molecule has 0 aromatic heterocycles. The third-order valence-corrected chi connectivity index (χ3v) is 4.44. The van der Waals surface area contributed by atoms with Crippen molar-refractivity contribution in [2.75, 3.05) is 31.6 Å². The molecule has 8 heteroatoms. The van der Waals surface area contributed by atoms with E-state index in [-0.39, 0.29) is 30.9 Å². The van der Waals surface area contributed by atoms with Crippen LogP contribution in [0.2, 0.25) is 0 Å². The van der Waals surface area contributed by atoms with Gasteiger partial charge in [-0.25, -0.2) is 0 Å². The summed E-state index contributed by atoms with van der Waals surface area (Å²) in [6.07, 6.45) is 1.64. The largest absolute Gasteiger partial charge is 0.491 e. The van der Waals surface area contributed by atoms with Crippen LogP contribution in [0.3, 0.4) is 0 Å². The van der Waals surface area contributed by atoms with Crippen molar-refractivity contribution in [3.63, 3.8) is 0 Å². The van der Waals surface area contributed by atoms with Crippen molar-refractivity contribution in [1.29, 1.82) is 0 Å². The number of amides is 2. The number of esters is 1. The average Bonchev–Trinajstić information content (AvgIpc) is 2.68. The Morgan fingerprint density at radius 2 is 2.00 bits per heavy atom. The molecule has 0 radical (unpaired) electrons. The van der Waals surface area contributed by atoms with E-state index in [1.54, 1.807) is 0 Å². The molecule has 1 saturated heterocycles. The van der Waals surface area contributed by atoms with E-state index in [0.717, 1.165) is 24.3 Å². The summed E-state index contributed by atoms with van der Waals surface area (Å²) in [5, 5.41) is 5.77. The highest BCUT2D eigenvalue weighted by molar-refractivity contribution is 5.93. The minimum atomic E-state index is -0.839. The summed E-state index contributed by atoms with van der Waals surface area (Å²) in [4.78, 5) is 38.4. The molecule has 1 unspecified atom stereocenters. The summed E-state index contributed by atoms with van der Waals surface area (Å²) < 4.78 is 10.7. The van der Waals surface area contributed by atoms with Crippen LogP contribution in [0.5, 0.6) is 5.75 Å². The summed E-state index contributed by atoms with van der Waals surface area (Å²) in [6, 6.07) is 6.48. The fourth-order valence-electron chi connectivity index (χ4n) is 2.97. The van der Waals surface area contributed by atoms with Gasteiger partial charge in [-0.1, -0.05) is 13.3 Å². The zero-order chi connectivity index (χ0) is 21.2. The average molecular weight is 405 g/mol. The van der Waals surface area contributed by atoms with Gasteiger partial charge in [-0.2, -0.15) is 0 Å². The Morgan fingerprint density at radius 3 is 2.66 bits per heavy atom. The lowest BCUT2D eigenvalue weighted by Crippen LogP contribution is -2.58. The smallest absolute Gasteiger partial charge is 0.308 e. The van der Waals surface area contributed by atoms with E-state index < -0.39 is 12.0 Å². The number of nitrogens with one attached hydrogen (secondary N) is 2. The van der Waals surface area contributed by atoms with Crippen LogP contribution in [0.1, 0.15) is 40.0 Å². The van der Waals surface area contributed by atoms with Crippen LogP contribution >= 0.6 is 0 Å². The van der Waals surface area contributed by atoms with Crippen LogP contribution in [0, 0.1) is 0 Å². The minimum Gasteiger partial charge on any atom is -0.491 e. The molecule has 1 aliphatic heterocycles. The molecule has 0 saturated carbocycles. The first-order chi connectivity index (χ1) is 13.9. The molecule has 1 aliphatic rings. The molecule has 2 amide bonds. The Labute approximate surface area is 171 Å². The number of ether oxygens (including phenoxy) is 2. The van der Waals surface area contributed by atoms with Crippen molar-refractivity contribution in [2.24, 2.45) is 0 Å². The van der Waals surface area contributed by atoms with Gasteiger partial charge in [0.05, 0.1) is 25.7 Å². The van der Waals surface area contributed by atoms with Crippen molar-refractivity contribution >= 4 is 23.5 Å². The summed E-state index contributed by atoms with van der Waals surface area (Å²) in [5.41, 5.74) is 0.770. The first-order valence-corrected chi connectivity index (χ1v) is 10.1. The van der Waals surface area contributed by atoms with Gasteiger partial charge in [-0.05, 0) is 44.5 Å². The van der Waals surface area contributed by atoms with Crippen LogP contribution in [0.25, 0.3) is 0 Å². The van der Waals surface area contributed by atoms with Crippen molar-refractivity contribution in [2.45, 2.75) is 52.2 Å². The van der Waals surface area contributed by atoms with Crippen molar-refractivity contribution in [1.82, 2.24) is 10.2 Å². The predicted molar refractivity (Wildman–Crippen MR) is 110 cm³/mol. The molecule has 160 valence electrons. The van der Waals surface area contributed by atoms with Crippen molar-refractivity contribution < 1.29 is 23.9 Å². The summed E-state index contributed by atoms with van der Waals surface area (Å²) in [5.74, 6) is -0.279. The van der Waals surface area contributed by atoms with Gasteiger partial charge < -0.3 is 25.0 Å². The fourth-order valence-corrected chi connectivity index (χ4v) is 2.97. The van der Waals surface area contributed by atoms with Gasteiger partial charge in [0.2, 0.25) is 11.8 Å². The van der Waals surface area contributed by atoms with Gasteiger partial charge >= 0.3 is 5.97 Å². The van der Waals surface area contributed by atoms with E-state index in [1.165, 1.54) is 4.90 Å². The maximum Gasteiger partial charge on any atom is 0.308 e. The van der Waals surface area contributed by atoms with Crippen molar-refractivity contribution in [3.8, 4) is 5.75 Å². The highest BCUT2D eigenvalue weighted by Crippen LogP contribution is 2.17. The van der Waals surface area contributed by atoms with E-state index in [9.17, 15) is 14.4 Å². The lowest BCUT2D eigenvalue weighted by atomic mass is 10.1. The molecule has 1 fully saturated rings. The van der Waals surface area contributed by atoms with Crippen molar-refractivity contribution in [3.05, 3.63) is 24.3 Å². The zero-order valence-electron chi connectivity index (χ0n) is 17.4. The Balaban J connectivity index is 1.90. The van der Waals surface area contributed by atoms with Gasteiger partial charge in [0, 0.05) is 18.8 Å². The molecule has 1 heterocycles. The SMILES string of the molecule is CCCCOC(=O)CC1C(=O)NCCN1C(=O)CNc1ccc(OC(C)C)cc1. The van der Waals surface area contributed by atoms with Crippen LogP contribution in [0.15, 0.2) is 24.3 Å². The predicted octanol–water partition coefficient (Wildman–Crippen LogP) is 1.95. The maximum atomic E-state index is 12.7. The highest BCUT2D eigenvalue weighted by Gasteiger charge is 2.34. The Hall–Kier alpha value is -2.77. The third kappa shape index (κ3) is 7.29. The monoisotopic (exact) mass is 405 g/mol. The third-order valence-electron chi connectivity index (χ3n) is 4.44. The van der Waals surface area contributed by atoms with E-state index in [0.29, 0.717) is 19.7 Å². The molecule has 0 aliphatic carbocycles. The summed E-state index contributed by atoms with van der Waals surface area (Å²) in [6.45, 7) is 6.99. The normalized spacial score (nSPS) is 16.3. The van der Waals surface area contributed by atoms with Crippen LogP contribution in [0.4, 0.5) is 5.69 Å². The molecule has 2 N–H and O–H groups in total. The number of benzene rings is 1. The number of hydrogen-bond acceptors (Lipinski definition) is 6. The van der Waals surface area contributed by atoms with E-state index in [1.807, 2.05) is 45.0 Å². The van der Waals surface area contributed by atoms with Gasteiger partial charge in [-0.3, -0.25) is 14.4 Å². The second kappa shape index (κ2) is 11.3. The number of hydrogen-bond donors (Lipinski definition) is 2. The summed E-state index contributed by atoms with van der Waals surface area (Å²) in [7, 11) is 0. The molecule has 1 aromatic carbocycles. The van der Waals surface area contributed by atoms with Gasteiger partial charge in [0.1, 0.15) is 11.8 Å². The highest BCUT2D eigenvalue weighted by atomic mass is 16.5. The van der Waals surface area contributed by atoms with Gasteiger partial charge in [0.15, 0.2) is 0 Å². The molecule has 29 heavy (non-hydrogen) atoms. The number of unbranched alkanes of at least 4 members (excludes halogenated alkanes) is 1. The summed E-state index contributed by atoms with van der Waals surface area (Å²) >= 11 is 0. The van der Waals surface area contributed by atoms with E-state index in [4.69, 9.17) is 9.47 Å². The molecule has 1 atom stereocenters. The molecular weight excluding hydrogens is 374 g/mol. The maximum absolute atomic E-state index is 12.7. The lowest BCUT2D eigenvalue weighted by molar-refractivity contribution is -0.151. The number of nitrogens with zero attached hydrogens (tertiary/aromatic N) is 1. The first kappa shape index (κ1) is 22.5. The van der Waals surface area contributed by atoms with E-state index in [2.05, 4.69) is 10.6 Å². The second-order valence-electron chi connectivity index (χ2n) is 7.22.